The number of alkyl halides is 9. The van der Waals surface area contributed by atoms with Gasteiger partial charge in [0.25, 0.3) is 0 Å². The number of aliphatic carboxylic acids is 1. The van der Waals surface area contributed by atoms with E-state index in [1.54, 1.807) is 0 Å². The fourth-order valence-corrected chi connectivity index (χ4v) is 1.76. The molecular formula is C4HF9O7S2. The smallest absolute Gasteiger partial charge is 0.475 e. The maximum atomic E-state index is 11.4. The van der Waals surface area contributed by atoms with E-state index in [0.717, 1.165) is 0 Å². The molecule has 0 heterocycles. The molecule has 0 rings (SSSR count). The van der Waals surface area contributed by atoms with Crippen molar-refractivity contribution in [3.8, 4) is 0 Å². The lowest BCUT2D eigenvalue weighted by Crippen LogP contribution is -2.34. The van der Waals surface area contributed by atoms with Gasteiger partial charge in [0.2, 0.25) is 0 Å². The Morgan fingerprint density at radius 3 is 1.00 bits per heavy atom. The minimum Gasteiger partial charge on any atom is -0.475 e. The van der Waals surface area contributed by atoms with Gasteiger partial charge in [0.15, 0.2) is 0 Å². The van der Waals surface area contributed by atoms with Gasteiger partial charge in [0, 0.05) is 0 Å². The molecular weight excluding hydrogens is 395 g/mol. The summed E-state index contributed by atoms with van der Waals surface area (Å²) in [4.78, 5) is 8.90. The van der Waals surface area contributed by atoms with Crippen LogP contribution in [0, 0.1) is 0 Å². The van der Waals surface area contributed by atoms with Gasteiger partial charge >= 0.3 is 43.4 Å². The van der Waals surface area contributed by atoms with Gasteiger partial charge < -0.3 is 5.11 Å². The van der Waals surface area contributed by atoms with E-state index in [1.807, 2.05) is 3.63 Å². The van der Waals surface area contributed by atoms with Gasteiger partial charge in [0.05, 0.1) is 0 Å². The fourth-order valence-electron chi connectivity index (χ4n) is 0.195. The first-order valence-electron chi connectivity index (χ1n) is 3.79. The summed E-state index contributed by atoms with van der Waals surface area (Å²) in [7, 11) is -13.7. The molecule has 0 fully saturated rings. The number of hydrogen-bond acceptors (Lipinski definition) is 6. The van der Waals surface area contributed by atoms with E-state index in [2.05, 4.69) is 0 Å². The number of halogens is 9. The Morgan fingerprint density at radius 2 is 0.909 bits per heavy atom. The van der Waals surface area contributed by atoms with Gasteiger partial charge in [-0.2, -0.15) is 56.3 Å². The van der Waals surface area contributed by atoms with E-state index in [4.69, 9.17) is 9.90 Å². The molecule has 0 aromatic carbocycles. The van der Waals surface area contributed by atoms with Crippen molar-refractivity contribution in [3.63, 3.8) is 0 Å². The second-order valence-electron chi connectivity index (χ2n) is 2.67. The Labute approximate surface area is 114 Å². The monoisotopic (exact) mass is 396 g/mol. The van der Waals surface area contributed by atoms with Crippen molar-refractivity contribution < 1.29 is 69.9 Å². The summed E-state index contributed by atoms with van der Waals surface area (Å²) < 4.78 is 142. The standard InChI is InChI=1S/C2F6O5S2.C2HF3O2/c3-1(4,5)14(9,10)13-15(11,12)2(6,7)8;3-2(4,5)1(6)7/h;(H,6,7). The third kappa shape index (κ3) is 7.11. The fraction of sp³-hybridized carbons (Fsp3) is 0.750. The largest absolute Gasteiger partial charge is 0.524 e. The molecule has 0 aliphatic rings. The first-order chi connectivity index (χ1) is 9.15. The molecule has 0 aromatic heterocycles. The minimum absolute atomic E-state index is 2.05. The third-order valence-electron chi connectivity index (χ3n) is 0.989. The van der Waals surface area contributed by atoms with Crippen LogP contribution in [-0.4, -0.2) is 45.1 Å². The van der Waals surface area contributed by atoms with Crippen LogP contribution in [0.3, 0.4) is 0 Å². The SMILES string of the molecule is O=C(O)C(F)(F)F.O=S(=O)(OS(=O)(=O)C(F)(F)F)C(F)(F)F. The molecule has 0 aromatic rings. The quantitative estimate of drug-likeness (QED) is 0.553. The molecule has 0 saturated carbocycles. The van der Waals surface area contributed by atoms with E-state index < -0.39 is 43.4 Å². The van der Waals surface area contributed by atoms with Gasteiger partial charge in [-0.15, -0.1) is 3.63 Å². The summed E-state index contributed by atoms with van der Waals surface area (Å²) in [6.07, 6.45) is -5.08. The molecule has 22 heavy (non-hydrogen) atoms. The van der Waals surface area contributed by atoms with Crippen LogP contribution in [0.25, 0.3) is 0 Å². The number of carboxylic acids is 1. The Kier molecular flexibility index (Phi) is 6.73. The van der Waals surface area contributed by atoms with Crippen molar-refractivity contribution in [2.45, 2.75) is 17.2 Å². The third-order valence-corrected chi connectivity index (χ3v) is 3.56. The number of carbonyl (C=O) groups is 1. The zero-order chi connectivity index (χ0) is 18.8. The zero-order valence-corrected chi connectivity index (χ0v) is 10.7. The zero-order valence-electron chi connectivity index (χ0n) is 9.11. The van der Waals surface area contributed by atoms with E-state index in [1.165, 1.54) is 0 Å². The lowest BCUT2D eigenvalue weighted by atomic mass is 10.7. The molecule has 0 amide bonds. The molecule has 1 N–H and O–H groups in total. The second kappa shape index (κ2) is 6.44. The molecule has 18 heteroatoms. The van der Waals surface area contributed by atoms with Crippen LogP contribution in [0.15, 0.2) is 0 Å². The molecule has 0 radical (unpaired) electrons. The minimum atomic E-state index is -6.85. The van der Waals surface area contributed by atoms with E-state index in [0.29, 0.717) is 0 Å². The van der Waals surface area contributed by atoms with Crippen molar-refractivity contribution in [1.29, 1.82) is 0 Å². The van der Waals surface area contributed by atoms with Crippen LogP contribution in [0.4, 0.5) is 39.5 Å². The van der Waals surface area contributed by atoms with Crippen LogP contribution in [-0.2, 0) is 28.7 Å². The lowest BCUT2D eigenvalue weighted by molar-refractivity contribution is -0.192. The summed E-state index contributed by atoms with van der Waals surface area (Å²) in [5.74, 6) is -2.76. The maximum Gasteiger partial charge on any atom is 0.524 e. The van der Waals surface area contributed by atoms with Crippen molar-refractivity contribution in [2.24, 2.45) is 0 Å². The van der Waals surface area contributed by atoms with Crippen LogP contribution >= 0.6 is 0 Å². The predicted molar refractivity (Wildman–Crippen MR) is 44.7 cm³/mol. The van der Waals surface area contributed by atoms with E-state index in [9.17, 15) is 56.3 Å². The summed E-state index contributed by atoms with van der Waals surface area (Å²) in [5, 5.41) is 7.12. The average Bonchev–Trinajstić information content (AvgIpc) is 2.10. The van der Waals surface area contributed by atoms with Crippen LogP contribution in [0.1, 0.15) is 0 Å². The van der Waals surface area contributed by atoms with Crippen LogP contribution < -0.4 is 0 Å². The van der Waals surface area contributed by atoms with Crippen molar-refractivity contribution in [3.05, 3.63) is 0 Å². The molecule has 0 unspecified atom stereocenters. The van der Waals surface area contributed by atoms with Gasteiger partial charge in [-0.1, -0.05) is 0 Å². The Bertz CT molecular complexity index is 549. The molecule has 0 aliphatic carbocycles. The Balaban J connectivity index is 0. The summed E-state index contributed by atoms with van der Waals surface area (Å²) >= 11 is 0. The van der Waals surface area contributed by atoms with Gasteiger partial charge in [-0.05, 0) is 0 Å². The maximum absolute atomic E-state index is 11.4. The summed E-state index contributed by atoms with van der Waals surface area (Å²) in [6.45, 7) is 0. The number of carboxylic acid groups (broad SMARTS) is 1. The highest BCUT2D eigenvalue weighted by Gasteiger charge is 2.57. The first-order valence-corrected chi connectivity index (χ1v) is 6.60. The number of rotatable bonds is 2. The highest BCUT2D eigenvalue weighted by atomic mass is 32.3. The molecule has 0 aliphatic heterocycles. The topological polar surface area (TPSA) is 115 Å². The van der Waals surface area contributed by atoms with Gasteiger partial charge in [-0.25, -0.2) is 4.79 Å². The number of hydrogen-bond donors (Lipinski definition) is 1. The molecule has 0 saturated heterocycles. The summed E-state index contributed by atoms with van der Waals surface area (Å²) in [6, 6.07) is 0. The van der Waals surface area contributed by atoms with Crippen LogP contribution in [0.5, 0.6) is 0 Å². The predicted octanol–water partition coefficient (Wildman–Crippen LogP) is 1.34. The lowest BCUT2D eigenvalue weighted by Gasteiger charge is -2.09. The van der Waals surface area contributed by atoms with Gasteiger partial charge in [-0.3, -0.25) is 0 Å². The highest BCUT2D eigenvalue weighted by molar-refractivity contribution is 8.00. The molecule has 0 atom stereocenters. The summed E-state index contributed by atoms with van der Waals surface area (Å²) in [5.41, 5.74) is -12.5. The normalized spacial score (nSPS) is 14.0. The second-order valence-corrected chi connectivity index (χ2v) is 5.96. The van der Waals surface area contributed by atoms with E-state index in [-0.39, 0.29) is 0 Å². The molecule has 0 bridgehead atoms. The van der Waals surface area contributed by atoms with Gasteiger partial charge in [0.1, 0.15) is 0 Å². The van der Waals surface area contributed by atoms with Crippen molar-refractivity contribution >= 4 is 26.2 Å². The molecule has 0 spiro atoms. The molecule has 7 nitrogen and oxygen atoms in total. The van der Waals surface area contributed by atoms with Crippen molar-refractivity contribution in [2.75, 3.05) is 0 Å². The van der Waals surface area contributed by atoms with E-state index >= 15 is 0 Å². The molecule has 134 valence electrons. The first kappa shape index (κ1) is 23.0. The highest BCUT2D eigenvalue weighted by Crippen LogP contribution is 2.32. The van der Waals surface area contributed by atoms with Crippen molar-refractivity contribution in [1.82, 2.24) is 0 Å². The average molecular weight is 396 g/mol. The van der Waals surface area contributed by atoms with Crippen LogP contribution in [0.2, 0.25) is 0 Å². The Morgan fingerprint density at radius 1 is 0.727 bits per heavy atom. The Hall–Kier alpha value is -1.30.